The topological polar surface area (TPSA) is 67.8 Å². The molecule has 1 saturated heterocycles. The Hall–Kier alpha value is -2.27. The minimum atomic E-state index is -0.758. The molecule has 3 rings (SSSR count). The highest BCUT2D eigenvalue weighted by Crippen LogP contribution is 2.39. The molecule has 0 saturated carbocycles. The van der Waals surface area contributed by atoms with E-state index in [2.05, 4.69) is 5.32 Å². The lowest BCUT2D eigenvalue weighted by molar-refractivity contribution is -0.141. The first kappa shape index (κ1) is 14.7. The number of aliphatic carboxylic acids is 1. The number of fused-ring (bicyclic) bond motifs is 1. The van der Waals surface area contributed by atoms with Crippen LogP contribution in [-0.4, -0.2) is 31.8 Å². The first-order valence-corrected chi connectivity index (χ1v) is 7.25. The molecule has 0 aliphatic carbocycles. The molecule has 2 atom stereocenters. The van der Waals surface area contributed by atoms with Gasteiger partial charge in [0.05, 0.1) is 20.1 Å². The zero-order valence-electron chi connectivity index (χ0n) is 12.6. The standard InChI is InChI=1S/C17H19NO4/c1-21-12-5-3-10-4-6-15(22-2)16(13(10)8-12)14-7-11(9-18-14)17(19)20/h3-6,8,11,14,18H,7,9H2,1-2H3,(H,19,20). The molecule has 5 nitrogen and oxygen atoms in total. The Morgan fingerprint density at radius 1 is 1.23 bits per heavy atom. The van der Waals surface area contributed by atoms with Crippen molar-refractivity contribution in [3.8, 4) is 11.5 Å². The maximum absolute atomic E-state index is 11.2. The molecule has 1 heterocycles. The molecule has 0 radical (unpaired) electrons. The van der Waals surface area contributed by atoms with Crippen molar-refractivity contribution < 1.29 is 19.4 Å². The van der Waals surface area contributed by atoms with Gasteiger partial charge in [-0.3, -0.25) is 4.79 Å². The summed E-state index contributed by atoms with van der Waals surface area (Å²) in [7, 11) is 3.27. The van der Waals surface area contributed by atoms with Crippen LogP contribution >= 0.6 is 0 Å². The third kappa shape index (κ3) is 2.48. The summed E-state index contributed by atoms with van der Waals surface area (Å²) in [6.45, 7) is 0.476. The van der Waals surface area contributed by atoms with Crippen molar-refractivity contribution in [3.05, 3.63) is 35.9 Å². The maximum atomic E-state index is 11.2. The van der Waals surface area contributed by atoms with Gasteiger partial charge >= 0.3 is 5.97 Å². The number of rotatable bonds is 4. The van der Waals surface area contributed by atoms with Gasteiger partial charge in [-0.25, -0.2) is 0 Å². The van der Waals surface area contributed by atoms with E-state index in [1.165, 1.54) is 0 Å². The third-order valence-corrected chi connectivity index (χ3v) is 4.28. The Morgan fingerprint density at radius 3 is 2.64 bits per heavy atom. The van der Waals surface area contributed by atoms with E-state index in [1.807, 2.05) is 30.3 Å². The van der Waals surface area contributed by atoms with E-state index in [9.17, 15) is 9.90 Å². The normalized spacial score (nSPS) is 21.0. The molecule has 2 aromatic carbocycles. The number of nitrogens with one attached hydrogen (secondary N) is 1. The van der Waals surface area contributed by atoms with E-state index in [1.54, 1.807) is 14.2 Å². The summed E-state index contributed by atoms with van der Waals surface area (Å²) < 4.78 is 10.8. The molecule has 0 aromatic heterocycles. The van der Waals surface area contributed by atoms with Crippen molar-refractivity contribution in [3.63, 3.8) is 0 Å². The van der Waals surface area contributed by atoms with E-state index in [-0.39, 0.29) is 12.0 Å². The number of methoxy groups -OCH3 is 2. The number of hydrogen-bond acceptors (Lipinski definition) is 4. The first-order chi connectivity index (χ1) is 10.6. The van der Waals surface area contributed by atoms with Gasteiger partial charge < -0.3 is 19.9 Å². The minimum absolute atomic E-state index is 0.0353. The Balaban J connectivity index is 2.11. The van der Waals surface area contributed by atoms with Gasteiger partial charge in [0, 0.05) is 18.2 Å². The van der Waals surface area contributed by atoms with E-state index >= 15 is 0 Å². The van der Waals surface area contributed by atoms with E-state index < -0.39 is 5.97 Å². The quantitative estimate of drug-likeness (QED) is 0.908. The monoisotopic (exact) mass is 301 g/mol. The smallest absolute Gasteiger partial charge is 0.307 e. The van der Waals surface area contributed by atoms with Crippen molar-refractivity contribution in [1.29, 1.82) is 0 Å². The molecule has 22 heavy (non-hydrogen) atoms. The summed E-state index contributed by atoms with van der Waals surface area (Å²) in [5.74, 6) is 0.418. The summed E-state index contributed by atoms with van der Waals surface area (Å²) in [4.78, 5) is 11.2. The van der Waals surface area contributed by atoms with Crippen molar-refractivity contribution in [2.75, 3.05) is 20.8 Å². The Bertz CT molecular complexity index is 708. The SMILES string of the molecule is COc1ccc2ccc(OC)c(C3CC(C(=O)O)CN3)c2c1. The fraction of sp³-hybridized carbons (Fsp3) is 0.353. The van der Waals surface area contributed by atoms with E-state index in [0.717, 1.165) is 27.8 Å². The summed E-state index contributed by atoms with van der Waals surface area (Å²) in [5, 5.41) is 14.6. The third-order valence-electron chi connectivity index (χ3n) is 4.28. The summed E-state index contributed by atoms with van der Waals surface area (Å²) in [5.41, 5.74) is 1.00. The van der Waals surface area contributed by atoms with Crippen LogP contribution in [0.2, 0.25) is 0 Å². The molecule has 0 spiro atoms. The van der Waals surface area contributed by atoms with Crippen LogP contribution in [0.4, 0.5) is 0 Å². The van der Waals surface area contributed by atoms with Crippen LogP contribution in [0.5, 0.6) is 11.5 Å². The number of carbonyl (C=O) groups is 1. The Kier molecular flexibility index (Phi) is 3.90. The van der Waals surface area contributed by atoms with Gasteiger partial charge in [-0.15, -0.1) is 0 Å². The molecule has 2 N–H and O–H groups in total. The van der Waals surface area contributed by atoms with E-state index in [4.69, 9.17) is 9.47 Å². The van der Waals surface area contributed by atoms with Crippen molar-refractivity contribution in [2.45, 2.75) is 12.5 Å². The molecule has 116 valence electrons. The van der Waals surface area contributed by atoms with Gasteiger partial charge in [-0.1, -0.05) is 12.1 Å². The second kappa shape index (κ2) is 5.85. The number of hydrogen-bond donors (Lipinski definition) is 2. The maximum Gasteiger partial charge on any atom is 0.307 e. The van der Waals surface area contributed by atoms with Gasteiger partial charge in [-0.2, -0.15) is 0 Å². The van der Waals surface area contributed by atoms with Crippen LogP contribution in [0.3, 0.4) is 0 Å². The van der Waals surface area contributed by atoms with Gasteiger partial charge in [0.25, 0.3) is 0 Å². The number of ether oxygens (including phenoxy) is 2. The molecule has 5 heteroatoms. The lowest BCUT2D eigenvalue weighted by Gasteiger charge is -2.18. The fourth-order valence-electron chi connectivity index (χ4n) is 3.11. The van der Waals surface area contributed by atoms with Crippen LogP contribution in [0.1, 0.15) is 18.0 Å². The second-order valence-corrected chi connectivity index (χ2v) is 5.50. The largest absolute Gasteiger partial charge is 0.497 e. The molecule has 2 unspecified atom stereocenters. The average molecular weight is 301 g/mol. The predicted molar refractivity (Wildman–Crippen MR) is 83.5 cm³/mol. The van der Waals surface area contributed by atoms with Crippen LogP contribution in [0, 0.1) is 5.92 Å². The van der Waals surface area contributed by atoms with E-state index in [0.29, 0.717) is 13.0 Å². The Labute approximate surface area is 128 Å². The summed E-state index contributed by atoms with van der Waals surface area (Å²) in [6.07, 6.45) is 0.558. The molecule has 2 aromatic rings. The lowest BCUT2D eigenvalue weighted by atomic mass is 9.94. The highest BCUT2D eigenvalue weighted by atomic mass is 16.5. The lowest BCUT2D eigenvalue weighted by Crippen LogP contribution is -2.17. The van der Waals surface area contributed by atoms with Crippen molar-refractivity contribution in [1.82, 2.24) is 5.32 Å². The van der Waals surface area contributed by atoms with Crippen LogP contribution in [0.15, 0.2) is 30.3 Å². The van der Waals surface area contributed by atoms with Gasteiger partial charge in [-0.05, 0) is 35.4 Å². The van der Waals surface area contributed by atoms with Crippen molar-refractivity contribution >= 4 is 16.7 Å². The number of carboxylic acid groups (broad SMARTS) is 1. The number of benzene rings is 2. The fourth-order valence-corrected chi connectivity index (χ4v) is 3.11. The van der Waals surface area contributed by atoms with Gasteiger partial charge in [0.2, 0.25) is 0 Å². The van der Waals surface area contributed by atoms with Crippen molar-refractivity contribution in [2.24, 2.45) is 5.92 Å². The first-order valence-electron chi connectivity index (χ1n) is 7.25. The highest BCUT2D eigenvalue weighted by Gasteiger charge is 2.32. The van der Waals surface area contributed by atoms with Crippen LogP contribution in [-0.2, 0) is 4.79 Å². The van der Waals surface area contributed by atoms with Crippen LogP contribution in [0.25, 0.3) is 10.8 Å². The van der Waals surface area contributed by atoms with Gasteiger partial charge in [0.1, 0.15) is 11.5 Å². The molecule has 0 bridgehead atoms. The molecule has 1 aliphatic rings. The molecule has 1 fully saturated rings. The average Bonchev–Trinajstić information content (AvgIpc) is 3.02. The van der Waals surface area contributed by atoms with Gasteiger partial charge in [0.15, 0.2) is 0 Å². The Morgan fingerprint density at radius 2 is 2.00 bits per heavy atom. The zero-order chi connectivity index (χ0) is 15.7. The predicted octanol–water partition coefficient (Wildman–Crippen LogP) is 2.59. The second-order valence-electron chi connectivity index (χ2n) is 5.50. The molecule has 1 aliphatic heterocycles. The molecular weight excluding hydrogens is 282 g/mol. The summed E-state index contributed by atoms with van der Waals surface area (Å²) in [6, 6.07) is 9.79. The highest BCUT2D eigenvalue weighted by molar-refractivity contribution is 5.89. The summed E-state index contributed by atoms with van der Waals surface area (Å²) >= 11 is 0. The van der Waals surface area contributed by atoms with Crippen LogP contribution < -0.4 is 14.8 Å². The number of carboxylic acids is 1. The molecule has 0 amide bonds. The minimum Gasteiger partial charge on any atom is -0.497 e. The zero-order valence-corrected chi connectivity index (χ0v) is 12.6. The molecular formula is C17H19NO4.